The van der Waals surface area contributed by atoms with E-state index in [1.165, 1.54) is 4.90 Å². The van der Waals surface area contributed by atoms with E-state index in [0.29, 0.717) is 19.3 Å². The van der Waals surface area contributed by atoms with Crippen molar-refractivity contribution in [2.75, 3.05) is 13.1 Å². The lowest BCUT2D eigenvalue weighted by Gasteiger charge is -2.35. The number of hydrogen-bond donors (Lipinski definition) is 4. The molecule has 1 saturated heterocycles. The molecule has 5 amide bonds. The van der Waals surface area contributed by atoms with E-state index in [-0.39, 0.29) is 31.0 Å². The van der Waals surface area contributed by atoms with Crippen LogP contribution >= 0.6 is 0 Å². The highest BCUT2D eigenvalue weighted by Crippen LogP contribution is 2.43. The molecule has 2 saturated carbocycles. The van der Waals surface area contributed by atoms with Crippen LogP contribution in [0.15, 0.2) is 30.3 Å². The molecule has 1 aromatic rings. The average molecular weight is 598 g/mol. The van der Waals surface area contributed by atoms with Crippen LogP contribution in [0, 0.1) is 17.3 Å². The Morgan fingerprint density at radius 3 is 2.23 bits per heavy atom. The van der Waals surface area contributed by atoms with Gasteiger partial charge in [-0.05, 0) is 49.0 Å². The molecule has 0 aromatic heterocycles. The molecule has 4 rings (SSSR count). The Labute approximate surface area is 251 Å². The second kappa shape index (κ2) is 13.6. The summed E-state index contributed by atoms with van der Waals surface area (Å²) in [5, 5.41) is 7.83. The van der Waals surface area contributed by atoms with Crippen LogP contribution in [0.25, 0.3) is 0 Å². The van der Waals surface area contributed by atoms with Crippen molar-refractivity contribution < 1.29 is 33.5 Å². The predicted octanol–water partition coefficient (Wildman–Crippen LogP) is 1.73. The summed E-state index contributed by atoms with van der Waals surface area (Å²) in [5.74, 6) is -3.04. The number of Topliss-reactive ketones (excluding diaryl/α,β-unsaturated/α-hetero) is 1. The van der Waals surface area contributed by atoms with E-state index in [9.17, 15) is 28.8 Å². The minimum absolute atomic E-state index is 0.248. The van der Waals surface area contributed by atoms with E-state index >= 15 is 0 Å². The Balaban J connectivity index is 1.35. The molecule has 0 spiro atoms. The lowest BCUT2D eigenvalue weighted by atomic mass is 9.85. The topological polar surface area (TPSA) is 177 Å². The van der Waals surface area contributed by atoms with Gasteiger partial charge in [-0.25, -0.2) is 4.79 Å². The Kier molecular flexibility index (Phi) is 10.1. The first-order valence-electron chi connectivity index (χ1n) is 15.1. The minimum Gasteiger partial charge on any atom is -0.456 e. The van der Waals surface area contributed by atoms with Crippen molar-refractivity contribution in [3.63, 3.8) is 0 Å². The summed E-state index contributed by atoms with van der Waals surface area (Å²) < 4.78 is 5.69. The molecule has 2 aliphatic carbocycles. The van der Waals surface area contributed by atoms with Crippen molar-refractivity contribution in [3.8, 4) is 0 Å². The number of nitrogens with zero attached hydrogens (tertiary/aromatic N) is 1. The molecule has 12 heteroatoms. The van der Waals surface area contributed by atoms with Gasteiger partial charge in [0.05, 0.1) is 6.04 Å². The van der Waals surface area contributed by atoms with Gasteiger partial charge < -0.3 is 31.3 Å². The van der Waals surface area contributed by atoms with Gasteiger partial charge in [0.1, 0.15) is 24.7 Å². The number of nitrogens with two attached hydrogens (primary N) is 1. The molecule has 1 heterocycles. The number of benzene rings is 1. The summed E-state index contributed by atoms with van der Waals surface area (Å²) in [7, 11) is 0. The largest absolute Gasteiger partial charge is 0.456 e. The predicted molar refractivity (Wildman–Crippen MR) is 156 cm³/mol. The number of nitrogens with one attached hydrogen (secondary N) is 3. The maximum Gasteiger partial charge on any atom is 0.326 e. The van der Waals surface area contributed by atoms with E-state index in [1.807, 2.05) is 30.3 Å². The second-order valence-corrected chi connectivity index (χ2v) is 12.9. The number of urea groups is 1. The van der Waals surface area contributed by atoms with Crippen molar-refractivity contribution in [3.05, 3.63) is 35.9 Å². The fourth-order valence-electron chi connectivity index (χ4n) is 5.47. The molecular weight excluding hydrogens is 554 g/mol. The van der Waals surface area contributed by atoms with Crippen LogP contribution in [-0.4, -0.2) is 71.6 Å². The quantitative estimate of drug-likeness (QED) is 0.198. The summed E-state index contributed by atoms with van der Waals surface area (Å²) in [5.41, 5.74) is 5.37. The van der Waals surface area contributed by atoms with Crippen LogP contribution in [0.4, 0.5) is 4.79 Å². The summed E-state index contributed by atoms with van der Waals surface area (Å²) in [4.78, 5) is 77.8. The first-order chi connectivity index (χ1) is 20.3. The molecule has 3 aliphatic rings. The fraction of sp³-hybridized carbons (Fsp3) is 0.613. The van der Waals surface area contributed by atoms with E-state index in [0.717, 1.165) is 31.2 Å². The standard InChI is InChI=1S/C31H43N5O7/c1-31(2,3)26(35-30(42)33-17-23(37)43-25(20-13-14-20)19-8-5-4-6-9-19)29(41)36-15-7-10-22(36)28(40)34-21(16-18-11-12-18)24(38)27(32)39/h4-6,8-9,18,20-22,25-26H,7,10-17H2,1-3H3,(H2,32,39)(H,34,40)(H2,33,35,42)/t21?,22?,25?,26-/m1/s1. The van der Waals surface area contributed by atoms with Crippen molar-refractivity contribution in [2.45, 2.75) is 89.9 Å². The normalized spacial score (nSPS) is 20.3. The molecule has 0 radical (unpaired) electrons. The van der Waals surface area contributed by atoms with Gasteiger partial charge in [-0.1, -0.05) is 63.9 Å². The Bertz CT molecular complexity index is 1220. The first kappa shape index (κ1) is 32.0. The van der Waals surface area contributed by atoms with Gasteiger partial charge in [-0.3, -0.25) is 24.0 Å². The van der Waals surface area contributed by atoms with E-state index in [4.69, 9.17) is 10.5 Å². The van der Waals surface area contributed by atoms with Crippen molar-refractivity contribution >= 4 is 35.5 Å². The van der Waals surface area contributed by atoms with Crippen LogP contribution in [0.1, 0.15) is 77.4 Å². The molecule has 3 fully saturated rings. The van der Waals surface area contributed by atoms with Crippen LogP contribution in [0.5, 0.6) is 0 Å². The van der Waals surface area contributed by atoms with Crippen LogP contribution in [0.3, 0.4) is 0 Å². The van der Waals surface area contributed by atoms with Gasteiger partial charge in [0.2, 0.25) is 17.6 Å². The number of ketones is 1. The number of carbonyl (C=O) groups is 6. The molecule has 0 bridgehead atoms. The zero-order valence-electron chi connectivity index (χ0n) is 25.1. The van der Waals surface area contributed by atoms with E-state index in [1.54, 1.807) is 20.8 Å². The molecule has 4 atom stereocenters. The maximum atomic E-state index is 13.8. The number of carbonyl (C=O) groups excluding carboxylic acids is 6. The van der Waals surface area contributed by atoms with Crippen molar-refractivity contribution in [2.24, 2.45) is 23.0 Å². The van der Waals surface area contributed by atoms with Gasteiger partial charge in [0.15, 0.2) is 0 Å². The third kappa shape index (κ3) is 8.77. The molecule has 5 N–H and O–H groups in total. The molecule has 1 aromatic carbocycles. The van der Waals surface area contributed by atoms with Gasteiger partial charge in [0, 0.05) is 12.5 Å². The highest BCUT2D eigenvalue weighted by molar-refractivity contribution is 6.37. The zero-order chi connectivity index (χ0) is 31.3. The number of esters is 1. The molecule has 234 valence electrons. The third-order valence-electron chi connectivity index (χ3n) is 8.20. The molecular formula is C31H43N5O7. The number of ether oxygens (including phenoxy) is 1. The SMILES string of the molecule is CC(C)(C)[C@H](NC(=O)NCC(=O)OC(c1ccccc1)C1CC1)C(=O)N1CCCC1C(=O)NC(CC1CC1)C(=O)C(N)=O. The van der Waals surface area contributed by atoms with Gasteiger partial charge >= 0.3 is 12.0 Å². The summed E-state index contributed by atoms with van der Waals surface area (Å²) in [6.07, 6.45) is 4.65. The van der Waals surface area contributed by atoms with Gasteiger partial charge in [-0.2, -0.15) is 0 Å². The van der Waals surface area contributed by atoms with Gasteiger partial charge in [-0.15, -0.1) is 0 Å². The van der Waals surface area contributed by atoms with Crippen molar-refractivity contribution in [1.82, 2.24) is 20.9 Å². The highest BCUT2D eigenvalue weighted by Gasteiger charge is 2.43. The van der Waals surface area contributed by atoms with Crippen LogP contribution < -0.4 is 21.7 Å². The van der Waals surface area contributed by atoms with Crippen LogP contribution in [0.2, 0.25) is 0 Å². The number of likely N-dealkylation sites (tertiary alicyclic amines) is 1. The minimum atomic E-state index is -1.11. The second-order valence-electron chi connectivity index (χ2n) is 12.9. The highest BCUT2D eigenvalue weighted by atomic mass is 16.5. The smallest absolute Gasteiger partial charge is 0.326 e. The van der Waals surface area contributed by atoms with E-state index < -0.39 is 59.0 Å². The maximum absolute atomic E-state index is 13.8. The Morgan fingerprint density at radius 2 is 1.65 bits per heavy atom. The summed E-state index contributed by atoms with van der Waals surface area (Å²) in [6, 6.07) is 5.84. The fourth-order valence-corrected chi connectivity index (χ4v) is 5.47. The first-order valence-corrected chi connectivity index (χ1v) is 15.1. The molecule has 1 aliphatic heterocycles. The molecule has 3 unspecified atom stereocenters. The third-order valence-corrected chi connectivity index (χ3v) is 8.20. The lowest BCUT2D eigenvalue weighted by Crippen LogP contribution is -2.60. The van der Waals surface area contributed by atoms with Crippen LogP contribution in [-0.2, 0) is 28.7 Å². The zero-order valence-corrected chi connectivity index (χ0v) is 25.1. The number of rotatable bonds is 13. The number of primary amides is 1. The average Bonchev–Trinajstić information content (AvgIpc) is 3.90. The molecule has 12 nitrogen and oxygen atoms in total. The monoisotopic (exact) mass is 597 g/mol. The molecule has 43 heavy (non-hydrogen) atoms. The van der Waals surface area contributed by atoms with Crippen molar-refractivity contribution in [1.29, 1.82) is 0 Å². The van der Waals surface area contributed by atoms with E-state index in [2.05, 4.69) is 16.0 Å². The Morgan fingerprint density at radius 1 is 0.977 bits per heavy atom. The summed E-state index contributed by atoms with van der Waals surface area (Å²) in [6.45, 7) is 5.27. The number of hydrogen-bond acceptors (Lipinski definition) is 7. The number of amides is 5. The summed E-state index contributed by atoms with van der Waals surface area (Å²) >= 11 is 0. The van der Waals surface area contributed by atoms with Gasteiger partial charge in [0.25, 0.3) is 5.91 Å². The Hall–Kier alpha value is -3.96. The lowest BCUT2D eigenvalue weighted by molar-refractivity contribution is -0.149.